The van der Waals surface area contributed by atoms with Crippen molar-refractivity contribution in [2.24, 2.45) is 0 Å². The molecule has 0 bridgehead atoms. The van der Waals surface area contributed by atoms with Crippen LogP contribution in [0.1, 0.15) is 32.1 Å². The maximum absolute atomic E-state index is 9.56. The molecule has 4 heteroatoms. The Bertz CT molecular complexity index is 218. The number of rotatable bonds is 5. The third-order valence-electron chi connectivity index (χ3n) is 3.76. The summed E-state index contributed by atoms with van der Waals surface area (Å²) in [5, 5.41) is 13.0. The molecule has 1 heterocycles. The molecule has 94 valence electrons. The maximum Gasteiger partial charge on any atom is 0.0897 e. The van der Waals surface area contributed by atoms with Gasteiger partial charge in [-0.05, 0) is 32.1 Å². The number of aliphatic hydroxyl groups excluding tert-OH is 1. The molecule has 0 radical (unpaired) electrons. The van der Waals surface area contributed by atoms with Crippen LogP contribution in [-0.4, -0.2) is 49.7 Å². The van der Waals surface area contributed by atoms with Crippen LogP contribution in [0.3, 0.4) is 0 Å². The molecule has 2 unspecified atom stereocenters. The number of aliphatic hydroxyl groups is 1. The lowest BCUT2D eigenvalue weighted by molar-refractivity contribution is -0.136. The van der Waals surface area contributed by atoms with E-state index in [-0.39, 0.29) is 5.60 Å². The van der Waals surface area contributed by atoms with E-state index in [1.807, 2.05) is 0 Å². The zero-order chi connectivity index (χ0) is 11.4. The summed E-state index contributed by atoms with van der Waals surface area (Å²) in [6.07, 6.45) is 5.50. The molecule has 2 N–H and O–H groups in total. The highest BCUT2D eigenvalue weighted by Gasteiger charge is 2.42. The molecule has 16 heavy (non-hydrogen) atoms. The van der Waals surface area contributed by atoms with E-state index in [4.69, 9.17) is 9.47 Å². The van der Waals surface area contributed by atoms with Gasteiger partial charge in [0.15, 0.2) is 0 Å². The summed E-state index contributed by atoms with van der Waals surface area (Å²) in [6.45, 7) is 1.88. The number of hydrogen-bond donors (Lipinski definition) is 2. The highest BCUT2D eigenvalue weighted by Crippen LogP contribution is 2.42. The van der Waals surface area contributed by atoms with Crippen molar-refractivity contribution < 1.29 is 14.6 Å². The minimum atomic E-state index is -0.398. The topological polar surface area (TPSA) is 50.7 Å². The van der Waals surface area contributed by atoms with Gasteiger partial charge in [-0.1, -0.05) is 0 Å². The van der Waals surface area contributed by atoms with Crippen molar-refractivity contribution in [1.82, 2.24) is 5.32 Å². The first kappa shape index (κ1) is 12.3. The standard InChI is InChI=1S/C12H23NO3/c1-15-9-11(14)8-13-10-3-6-16-12(7-10)4-2-5-12/h10-11,13-14H,2-9H2,1H3. The number of ether oxygens (including phenoxy) is 2. The fourth-order valence-corrected chi connectivity index (χ4v) is 2.68. The van der Waals surface area contributed by atoms with Crippen LogP contribution in [0, 0.1) is 0 Å². The molecule has 4 nitrogen and oxygen atoms in total. The quantitative estimate of drug-likeness (QED) is 0.728. The summed E-state index contributed by atoms with van der Waals surface area (Å²) >= 11 is 0. The molecule has 0 aromatic carbocycles. The molecular formula is C12H23NO3. The van der Waals surface area contributed by atoms with Gasteiger partial charge < -0.3 is 19.9 Å². The van der Waals surface area contributed by atoms with Crippen molar-refractivity contribution in [3.05, 3.63) is 0 Å². The Labute approximate surface area is 97.3 Å². The van der Waals surface area contributed by atoms with Crippen molar-refractivity contribution in [3.8, 4) is 0 Å². The summed E-state index contributed by atoms with van der Waals surface area (Å²) in [5.41, 5.74) is 0.183. The third-order valence-corrected chi connectivity index (χ3v) is 3.76. The van der Waals surface area contributed by atoms with Gasteiger partial charge in [-0.25, -0.2) is 0 Å². The van der Waals surface area contributed by atoms with Crippen molar-refractivity contribution in [3.63, 3.8) is 0 Å². The van der Waals surface area contributed by atoms with Gasteiger partial charge in [0.25, 0.3) is 0 Å². The van der Waals surface area contributed by atoms with Crippen LogP contribution in [0.5, 0.6) is 0 Å². The third kappa shape index (κ3) is 2.94. The Balaban J connectivity index is 1.69. The lowest BCUT2D eigenvalue weighted by atomic mass is 9.74. The summed E-state index contributed by atoms with van der Waals surface area (Å²) in [7, 11) is 1.61. The van der Waals surface area contributed by atoms with Gasteiger partial charge in [-0.3, -0.25) is 0 Å². The number of nitrogens with one attached hydrogen (secondary N) is 1. The minimum absolute atomic E-state index is 0.183. The van der Waals surface area contributed by atoms with E-state index in [1.54, 1.807) is 7.11 Å². The van der Waals surface area contributed by atoms with Crippen LogP contribution >= 0.6 is 0 Å². The predicted octanol–water partition coefficient (Wildman–Crippen LogP) is 0.685. The molecule has 0 amide bonds. The van der Waals surface area contributed by atoms with Gasteiger partial charge in [-0.2, -0.15) is 0 Å². The van der Waals surface area contributed by atoms with E-state index in [2.05, 4.69) is 5.32 Å². The molecule has 1 aliphatic carbocycles. The van der Waals surface area contributed by atoms with Crippen molar-refractivity contribution in [2.45, 2.75) is 49.9 Å². The van der Waals surface area contributed by atoms with Crippen LogP contribution in [0.15, 0.2) is 0 Å². The van der Waals surface area contributed by atoms with E-state index in [0.717, 1.165) is 19.4 Å². The lowest BCUT2D eigenvalue weighted by Gasteiger charge is -2.47. The smallest absolute Gasteiger partial charge is 0.0897 e. The summed E-state index contributed by atoms with van der Waals surface area (Å²) in [6, 6.07) is 0.501. The highest BCUT2D eigenvalue weighted by molar-refractivity contribution is 4.96. The number of methoxy groups -OCH3 is 1. The Morgan fingerprint density at radius 1 is 1.56 bits per heavy atom. The summed E-state index contributed by atoms with van der Waals surface area (Å²) in [4.78, 5) is 0. The Hall–Kier alpha value is -0.160. The molecule has 2 fully saturated rings. The zero-order valence-electron chi connectivity index (χ0n) is 10.1. The van der Waals surface area contributed by atoms with Crippen LogP contribution < -0.4 is 5.32 Å². The molecule has 2 rings (SSSR count). The second-order valence-corrected chi connectivity index (χ2v) is 5.09. The highest BCUT2D eigenvalue weighted by atomic mass is 16.5. The van der Waals surface area contributed by atoms with E-state index >= 15 is 0 Å². The van der Waals surface area contributed by atoms with Gasteiger partial charge in [0.2, 0.25) is 0 Å². The van der Waals surface area contributed by atoms with Gasteiger partial charge >= 0.3 is 0 Å². The molecule has 0 aromatic rings. The first-order chi connectivity index (χ1) is 7.74. The van der Waals surface area contributed by atoms with E-state index in [1.165, 1.54) is 19.3 Å². The average molecular weight is 229 g/mol. The van der Waals surface area contributed by atoms with Crippen molar-refractivity contribution in [1.29, 1.82) is 0 Å². The number of hydrogen-bond acceptors (Lipinski definition) is 4. The fraction of sp³-hybridized carbons (Fsp3) is 1.00. The Morgan fingerprint density at radius 3 is 3.00 bits per heavy atom. The van der Waals surface area contributed by atoms with Gasteiger partial charge in [0.05, 0.1) is 18.3 Å². The normalized spacial score (nSPS) is 30.0. The van der Waals surface area contributed by atoms with Crippen LogP contribution in [-0.2, 0) is 9.47 Å². The molecular weight excluding hydrogens is 206 g/mol. The van der Waals surface area contributed by atoms with Crippen LogP contribution in [0.2, 0.25) is 0 Å². The van der Waals surface area contributed by atoms with Crippen molar-refractivity contribution in [2.75, 3.05) is 26.9 Å². The monoisotopic (exact) mass is 229 g/mol. The average Bonchev–Trinajstić information content (AvgIpc) is 2.25. The maximum atomic E-state index is 9.56. The molecule has 1 saturated carbocycles. The second-order valence-electron chi connectivity index (χ2n) is 5.09. The first-order valence-electron chi connectivity index (χ1n) is 6.28. The van der Waals surface area contributed by atoms with E-state index in [9.17, 15) is 5.11 Å². The van der Waals surface area contributed by atoms with E-state index in [0.29, 0.717) is 19.2 Å². The van der Waals surface area contributed by atoms with Gasteiger partial charge in [0, 0.05) is 26.3 Å². The zero-order valence-corrected chi connectivity index (χ0v) is 10.1. The molecule has 0 aromatic heterocycles. The summed E-state index contributed by atoms with van der Waals surface area (Å²) < 4.78 is 10.8. The second kappa shape index (κ2) is 5.45. The predicted molar refractivity (Wildman–Crippen MR) is 61.4 cm³/mol. The molecule has 1 aliphatic heterocycles. The Morgan fingerprint density at radius 2 is 2.38 bits per heavy atom. The fourth-order valence-electron chi connectivity index (χ4n) is 2.68. The molecule has 1 saturated heterocycles. The summed E-state index contributed by atoms with van der Waals surface area (Å²) in [5.74, 6) is 0. The first-order valence-corrected chi connectivity index (χ1v) is 6.28. The van der Waals surface area contributed by atoms with E-state index < -0.39 is 6.10 Å². The largest absolute Gasteiger partial charge is 0.389 e. The molecule has 2 atom stereocenters. The van der Waals surface area contributed by atoms with Crippen molar-refractivity contribution >= 4 is 0 Å². The van der Waals surface area contributed by atoms with Gasteiger partial charge in [-0.15, -0.1) is 0 Å². The SMILES string of the molecule is COCC(O)CNC1CCOC2(CCC2)C1. The minimum Gasteiger partial charge on any atom is -0.389 e. The van der Waals surface area contributed by atoms with Crippen LogP contribution in [0.4, 0.5) is 0 Å². The Kier molecular flexibility index (Phi) is 4.19. The molecule has 2 aliphatic rings. The lowest BCUT2D eigenvalue weighted by Crippen LogP contribution is -2.52. The van der Waals surface area contributed by atoms with Crippen LogP contribution in [0.25, 0.3) is 0 Å². The molecule has 1 spiro atoms. The van der Waals surface area contributed by atoms with Gasteiger partial charge in [0.1, 0.15) is 0 Å².